The molecule has 123 heavy (non-hydrogen) atoms. The van der Waals surface area contributed by atoms with Gasteiger partial charge in [0.1, 0.15) is 97.6 Å². The third-order valence-corrected chi connectivity index (χ3v) is 22.7. The molecule has 26 nitrogen and oxygen atoms in total. The average Bonchev–Trinajstić information content (AvgIpc) is 1.68. The number of nitrogens with zero attached hydrogens (tertiary/aromatic N) is 4. The number of carbonyl (C=O) groups excluding carboxylic acids is 2. The van der Waals surface area contributed by atoms with Crippen LogP contribution in [0.4, 0.5) is 0 Å². The number of aliphatic hydroxyl groups is 1. The van der Waals surface area contributed by atoms with Crippen LogP contribution in [0.25, 0.3) is 10.4 Å². The Morgan fingerprint density at radius 2 is 0.715 bits per heavy atom. The molecule has 6 saturated heterocycles. The zero-order valence-corrected chi connectivity index (χ0v) is 67.5. The fraction of sp³-hybridized carbons (Fsp3) is 0.361. The van der Waals surface area contributed by atoms with Gasteiger partial charge in [0.15, 0.2) is 37.7 Å². The fourth-order valence-corrected chi connectivity index (χ4v) is 16.6. The summed E-state index contributed by atoms with van der Waals surface area (Å²) in [5.74, 6) is -1.44. The Morgan fingerprint density at radius 3 is 1.19 bits per heavy atom. The van der Waals surface area contributed by atoms with E-state index in [2.05, 4.69) is 10.0 Å². The Balaban J connectivity index is 0.792. The zero-order valence-electron chi connectivity index (χ0n) is 67.5. The van der Waals surface area contributed by atoms with Gasteiger partial charge in [-0.1, -0.05) is 290 Å². The number of azide groups is 1. The lowest BCUT2D eigenvalue weighted by molar-refractivity contribution is -0.415. The maximum Gasteiger partial charge on any atom is 0.262 e. The number of hydrogen-bond donors (Lipinski definition) is 1. The van der Waals surface area contributed by atoms with Crippen LogP contribution in [0.3, 0.4) is 0 Å². The number of aliphatic hydroxyl groups excluding tert-OH is 1. The number of hydrogen-bond acceptors (Lipinski definition) is 23. The molecule has 0 saturated carbocycles. The fourth-order valence-electron chi connectivity index (χ4n) is 16.6. The van der Waals surface area contributed by atoms with Gasteiger partial charge in [-0.3, -0.25) is 14.5 Å². The lowest BCUT2D eigenvalue weighted by atomic mass is 9.92. The van der Waals surface area contributed by atoms with E-state index in [-0.39, 0.29) is 97.0 Å². The molecule has 2 unspecified atom stereocenters. The summed E-state index contributed by atoms with van der Waals surface area (Å²) in [6, 6.07) is 91.0. The summed E-state index contributed by atoms with van der Waals surface area (Å²) in [7, 11) is 0. The number of imide groups is 1. The monoisotopic (exact) mass is 1670 g/mol. The van der Waals surface area contributed by atoms with E-state index in [0.29, 0.717) is 11.1 Å². The van der Waals surface area contributed by atoms with E-state index < -0.39 is 147 Å². The van der Waals surface area contributed by atoms with Crippen LogP contribution in [0.5, 0.6) is 0 Å². The second kappa shape index (κ2) is 42.0. The van der Waals surface area contributed by atoms with Crippen LogP contribution in [0.1, 0.15) is 83.4 Å². The van der Waals surface area contributed by atoms with Crippen LogP contribution in [0.2, 0.25) is 0 Å². The number of amides is 2. The molecule has 17 rings (SSSR count). The van der Waals surface area contributed by atoms with E-state index in [1.165, 1.54) is 0 Å². The molecule has 22 atom stereocenters. The SMILES string of the molecule is [N-]=[N+]=NCCO[C@H]1O[C@H](CO[C@H]2O[C@@H]3COC(c4ccccc4)O[C@H]3[C@H](OCc3ccccc3)[C@H]2O[C@@H]2O[C@@H]3COC(c4ccccc4)O[C@H]3[C@H](O[C@H]3O[C@H](COCc4ccccc4)[C@H](OCc4ccccc4)[C@H](O)[C@H]3OCc3ccccc3)[C@H]2N2C(=O)c3ccccc3C2=O)[C@@H](OCc2ccccc2)[C@H](OCc2ccccc2)[C@H]1OCc1ccccc1. The summed E-state index contributed by atoms with van der Waals surface area (Å²) in [4.78, 5) is 36.3. The normalized spacial score (nSPS) is 29.3. The van der Waals surface area contributed by atoms with Gasteiger partial charge in [-0.25, -0.2) is 0 Å². The van der Waals surface area contributed by atoms with Crippen LogP contribution in [0.15, 0.2) is 302 Å². The molecule has 638 valence electrons. The summed E-state index contributed by atoms with van der Waals surface area (Å²) < 4.78 is 136. The molecule has 6 fully saturated rings. The van der Waals surface area contributed by atoms with E-state index in [1.807, 2.05) is 273 Å². The highest BCUT2D eigenvalue weighted by molar-refractivity contribution is 6.21. The van der Waals surface area contributed by atoms with E-state index in [1.54, 1.807) is 24.3 Å². The second-order valence-corrected chi connectivity index (χ2v) is 31.0. The number of fused-ring (bicyclic) bond motifs is 3. The van der Waals surface area contributed by atoms with Gasteiger partial charge in [-0.15, -0.1) is 0 Å². The zero-order chi connectivity index (χ0) is 83.5. The molecular weight excluding hydrogens is 1570 g/mol. The molecule has 1 N–H and O–H groups in total. The largest absolute Gasteiger partial charge is 0.387 e. The Labute approximate surface area is 713 Å². The Kier molecular flexibility index (Phi) is 29.1. The molecule has 7 heterocycles. The van der Waals surface area contributed by atoms with E-state index in [4.69, 9.17) is 90.0 Å². The third-order valence-electron chi connectivity index (χ3n) is 22.7. The summed E-state index contributed by atoms with van der Waals surface area (Å²) in [5.41, 5.74) is 16.9. The van der Waals surface area contributed by atoms with Crippen molar-refractivity contribution >= 4 is 11.8 Å². The molecule has 7 aliphatic heterocycles. The lowest BCUT2D eigenvalue weighted by Gasteiger charge is -2.54. The van der Waals surface area contributed by atoms with Crippen molar-refractivity contribution in [2.75, 3.05) is 39.6 Å². The number of benzene rings is 10. The first-order chi connectivity index (χ1) is 60.7. The first kappa shape index (κ1) is 85.0. The topological polar surface area (TPSA) is 282 Å². The van der Waals surface area contributed by atoms with Crippen LogP contribution < -0.4 is 0 Å². The number of ether oxygens (including phenoxy) is 19. The Bertz CT molecular complexity index is 4940. The third kappa shape index (κ3) is 20.9. The van der Waals surface area contributed by atoms with Gasteiger partial charge in [0.05, 0.1) is 90.4 Å². The van der Waals surface area contributed by atoms with Crippen molar-refractivity contribution in [3.63, 3.8) is 0 Å². The highest BCUT2D eigenvalue weighted by atomic mass is 16.8. The molecule has 2 amide bonds. The lowest BCUT2D eigenvalue weighted by Crippen LogP contribution is -2.72. The first-order valence-electron chi connectivity index (χ1n) is 41.7. The van der Waals surface area contributed by atoms with E-state index in [0.717, 1.165) is 43.8 Å². The van der Waals surface area contributed by atoms with Gasteiger partial charge in [-0.2, -0.15) is 0 Å². The minimum Gasteiger partial charge on any atom is -0.387 e. The van der Waals surface area contributed by atoms with Crippen LogP contribution >= 0.6 is 0 Å². The van der Waals surface area contributed by atoms with Crippen molar-refractivity contribution in [2.45, 2.75) is 182 Å². The molecule has 10 aromatic rings. The number of rotatable bonds is 36. The second-order valence-electron chi connectivity index (χ2n) is 31.0. The van der Waals surface area contributed by atoms with Crippen molar-refractivity contribution in [2.24, 2.45) is 5.11 Å². The first-order valence-corrected chi connectivity index (χ1v) is 41.7. The van der Waals surface area contributed by atoms with Gasteiger partial charge >= 0.3 is 0 Å². The smallest absolute Gasteiger partial charge is 0.262 e. The molecule has 0 radical (unpaired) electrons. The average molecular weight is 1670 g/mol. The molecule has 10 aromatic carbocycles. The van der Waals surface area contributed by atoms with Crippen molar-refractivity contribution in [3.05, 3.63) is 369 Å². The summed E-state index contributed by atoms with van der Waals surface area (Å²) in [5, 5.41) is 17.2. The molecule has 7 aliphatic rings. The van der Waals surface area contributed by atoms with E-state index in [9.17, 15) is 10.6 Å². The van der Waals surface area contributed by atoms with Gasteiger partial charge < -0.3 is 95.1 Å². The molecular formula is C97H98N4O22. The maximum atomic E-state index is 16.1. The minimum atomic E-state index is -1.79. The van der Waals surface area contributed by atoms with Crippen molar-refractivity contribution in [1.29, 1.82) is 0 Å². The maximum absolute atomic E-state index is 16.1. The summed E-state index contributed by atoms with van der Waals surface area (Å²) in [6.07, 6.45) is -26.1. The standard InChI is InChI=1S/C97H98N4O22/c98-100-99-50-51-106-95-88(112-58-69-42-22-7-23-43-69)86(110-56-67-38-18-5-19-39-67)81(108-54-65-34-14-3-15-35-65)75(117-95)60-115-96-89(87(111-57-68-40-20-6-21-41-68)83-77(118-96)62-114-93(121-83)71-46-26-9-27-47-71)123-94-78(101-90(103)72-48-28-29-49-73(72)91(101)104)84(82-76(116-94)61-113-92(120-82)70-44-24-8-25-45-70)122-97-85(109-55-66-36-16-4-17-37-66)79(102)80(107-53-64-32-12-2-13-33-64)74(119-97)59-105-52-63-30-10-1-11-31-63/h1-49,74-89,92-97,102H,50-62H2/t74-,75-,76-,77-,78-,79+,80+,81-,82-,83-,84-,85-,86+,87+,88-,89-,92?,93?,94+,95+,96+,97-/m1/s1. The molecule has 0 aromatic heterocycles. The highest BCUT2D eigenvalue weighted by Gasteiger charge is 2.63. The van der Waals surface area contributed by atoms with Crippen molar-refractivity contribution < 1.29 is 105 Å². The van der Waals surface area contributed by atoms with Crippen LogP contribution in [0, 0.1) is 0 Å². The highest BCUT2D eigenvalue weighted by Crippen LogP contribution is 2.46. The molecule has 0 aliphatic carbocycles. The summed E-state index contributed by atoms with van der Waals surface area (Å²) in [6.45, 7) is -0.407. The quantitative estimate of drug-likeness (QED) is 0.0125. The predicted octanol–water partition coefficient (Wildman–Crippen LogP) is 14.0. The molecule has 0 bridgehead atoms. The predicted molar refractivity (Wildman–Crippen MR) is 443 cm³/mol. The Hall–Kier alpha value is -10.2. The van der Waals surface area contributed by atoms with Gasteiger partial charge in [-0.05, 0) is 56.6 Å². The van der Waals surface area contributed by atoms with E-state index >= 15 is 9.59 Å². The van der Waals surface area contributed by atoms with Gasteiger partial charge in [0, 0.05) is 22.6 Å². The molecule has 0 spiro atoms. The minimum absolute atomic E-state index is 0.0211. The van der Waals surface area contributed by atoms with Crippen molar-refractivity contribution in [1.82, 2.24) is 4.90 Å². The molecule has 26 heteroatoms. The number of carbonyl (C=O) groups is 2. The van der Waals surface area contributed by atoms with Gasteiger partial charge in [0.2, 0.25) is 0 Å². The Morgan fingerprint density at radius 1 is 0.350 bits per heavy atom. The van der Waals surface area contributed by atoms with Gasteiger partial charge in [0.25, 0.3) is 11.8 Å². The van der Waals surface area contributed by atoms with Crippen LogP contribution in [-0.2, 0) is 136 Å². The summed E-state index contributed by atoms with van der Waals surface area (Å²) >= 11 is 0. The van der Waals surface area contributed by atoms with Crippen LogP contribution in [-0.4, -0.2) is 184 Å². The van der Waals surface area contributed by atoms with Crippen molar-refractivity contribution in [3.8, 4) is 0 Å².